The van der Waals surface area contributed by atoms with E-state index >= 15 is 0 Å². The van der Waals surface area contributed by atoms with Gasteiger partial charge in [-0.1, -0.05) is 50.1 Å². The first-order chi connectivity index (χ1) is 15.9. The lowest BCUT2D eigenvalue weighted by Crippen LogP contribution is -2.42. The van der Waals surface area contributed by atoms with E-state index in [2.05, 4.69) is 58.3 Å². The molecule has 1 amide bonds. The molecule has 0 spiro atoms. The summed E-state index contributed by atoms with van der Waals surface area (Å²) in [7, 11) is 0. The second kappa shape index (κ2) is 10.5. The van der Waals surface area contributed by atoms with Gasteiger partial charge in [-0.25, -0.2) is 10.2 Å². The summed E-state index contributed by atoms with van der Waals surface area (Å²) in [4.78, 5) is 25.1. The Morgan fingerprint density at radius 3 is 2.58 bits per heavy atom. The van der Waals surface area contributed by atoms with Gasteiger partial charge in [-0.2, -0.15) is 5.10 Å². The van der Waals surface area contributed by atoms with Crippen molar-refractivity contribution in [1.29, 1.82) is 0 Å². The highest BCUT2D eigenvalue weighted by Gasteiger charge is 2.27. The summed E-state index contributed by atoms with van der Waals surface area (Å²) in [6.07, 6.45) is 0.536. The topological polar surface area (TPSA) is 86.2 Å². The predicted octanol–water partition coefficient (Wildman–Crippen LogP) is 5.48. The van der Waals surface area contributed by atoms with Crippen LogP contribution in [0.15, 0.2) is 79.2 Å². The molecule has 0 aliphatic carbocycles. The number of carbonyl (C=O) groups excluding carboxylic acids is 2. The van der Waals surface area contributed by atoms with Gasteiger partial charge in [0.05, 0.1) is 16.3 Å². The number of nitrogens with zero attached hydrogens (tertiary/aromatic N) is 1. The first-order valence-corrected chi connectivity index (χ1v) is 12.0. The van der Waals surface area contributed by atoms with Gasteiger partial charge in [0.25, 0.3) is 5.91 Å². The van der Waals surface area contributed by atoms with E-state index in [9.17, 15) is 9.59 Å². The molecule has 1 unspecified atom stereocenters. The number of amides is 1. The maximum atomic E-state index is 12.6. The fourth-order valence-electron chi connectivity index (χ4n) is 2.94. The Hall–Kier alpha value is -2.69. The van der Waals surface area contributed by atoms with Gasteiger partial charge in [-0.05, 0) is 58.4 Å². The minimum atomic E-state index is -0.847. The van der Waals surface area contributed by atoms with E-state index in [1.807, 2.05) is 12.1 Å². The number of ether oxygens (including phenoxy) is 3. The molecule has 0 saturated carbocycles. The molecular weight excluding hydrogens is 624 g/mol. The van der Waals surface area contributed by atoms with Crippen LogP contribution in [0.3, 0.4) is 0 Å². The number of halogens is 3. The number of fused-ring (bicyclic) bond motifs is 1. The molecule has 0 bridgehead atoms. The van der Waals surface area contributed by atoms with Crippen LogP contribution in [0.1, 0.15) is 15.9 Å². The summed E-state index contributed by atoms with van der Waals surface area (Å²) in [5, 5.41) is 4.01. The maximum Gasteiger partial charge on any atom is 0.343 e. The van der Waals surface area contributed by atoms with E-state index in [1.165, 1.54) is 6.21 Å². The number of carbonyl (C=O) groups is 2. The molecule has 3 aromatic carbocycles. The molecule has 1 atom stereocenters. The number of nitrogens with one attached hydrogen (secondary N) is 1. The third-order valence-corrected chi connectivity index (χ3v) is 6.01. The maximum absolute atomic E-state index is 12.6. The number of rotatable bonds is 5. The quantitative estimate of drug-likeness (QED) is 0.173. The van der Waals surface area contributed by atoms with Crippen molar-refractivity contribution in [2.24, 2.45) is 5.10 Å². The van der Waals surface area contributed by atoms with Crippen molar-refractivity contribution in [3.63, 3.8) is 0 Å². The number of esters is 1. The van der Waals surface area contributed by atoms with Gasteiger partial charge in [-0.3, -0.25) is 4.79 Å². The summed E-state index contributed by atoms with van der Waals surface area (Å²) >= 11 is 10.2. The molecule has 33 heavy (non-hydrogen) atoms. The van der Waals surface area contributed by atoms with Gasteiger partial charge < -0.3 is 14.2 Å². The van der Waals surface area contributed by atoms with Crippen molar-refractivity contribution < 1.29 is 23.8 Å². The van der Waals surface area contributed by atoms with Crippen molar-refractivity contribution in [3.8, 4) is 17.2 Å². The molecule has 3 aromatic rings. The Morgan fingerprint density at radius 2 is 1.79 bits per heavy atom. The number of hydrogen-bond donors (Lipinski definition) is 1. The summed E-state index contributed by atoms with van der Waals surface area (Å²) < 4.78 is 18.9. The lowest BCUT2D eigenvalue weighted by molar-refractivity contribution is -0.130. The van der Waals surface area contributed by atoms with Crippen LogP contribution in [0.5, 0.6) is 17.2 Å². The second-order valence-corrected chi connectivity index (χ2v) is 9.49. The van der Waals surface area contributed by atoms with Gasteiger partial charge in [0.2, 0.25) is 6.10 Å². The monoisotopic (exact) mass is 636 g/mol. The number of hydrogen-bond acceptors (Lipinski definition) is 6. The molecule has 7 nitrogen and oxygen atoms in total. The highest BCUT2D eigenvalue weighted by Crippen LogP contribution is 2.33. The highest BCUT2D eigenvalue weighted by atomic mass is 79.9. The lowest BCUT2D eigenvalue weighted by atomic mass is 10.2. The normalized spacial score (nSPS) is 14.7. The van der Waals surface area contributed by atoms with E-state index < -0.39 is 18.0 Å². The molecule has 10 heteroatoms. The van der Waals surface area contributed by atoms with Gasteiger partial charge in [-0.15, -0.1) is 0 Å². The van der Waals surface area contributed by atoms with Crippen molar-refractivity contribution in [2.45, 2.75) is 6.10 Å². The van der Waals surface area contributed by atoms with Crippen molar-refractivity contribution >= 4 is 65.9 Å². The third-order valence-electron chi connectivity index (χ3n) is 4.47. The Kier molecular flexibility index (Phi) is 7.46. The average Bonchev–Trinajstić information content (AvgIpc) is 2.80. The molecule has 0 saturated heterocycles. The molecule has 0 radical (unpaired) electrons. The number of benzene rings is 3. The molecule has 4 rings (SSSR count). The summed E-state index contributed by atoms with van der Waals surface area (Å²) in [6.45, 7) is 0.0658. The van der Waals surface area contributed by atoms with E-state index in [-0.39, 0.29) is 12.4 Å². The van der Waals surface area contributed by atoms with Crippen LogP contribution >= 0.6 is 47.8 Å². The molecule has 0 aromatic heterocycles. The SMILES string of the molecule is O=C(Oc1c(Br)cc(Br)cc1C=NNC(=O)C1COc2ccccc2O1)c1cccc(Br)c1. The lowest BCUT2D eigenvalue weighted by Gasteiger charge is -2.24. The van der Waals surface area contributed by atoms with Crippen LogP contribution in [-0.4, -0.2) is 30.8 Å². The predicted molar refractivity (Wildman–Crippen MR) is 133 cm³/mol. The zero-order valence-electron chi connectivity index (χ0n) is 16.8. The summed E-state index contributed by atoms with van der Waals surface area (Å²) in [6, 6.07) is 17.4. The average molecular weight is 639 g/mol. The largest absolute Gasteiger partial charge is 0.485 e. The smallest absolute Gasteiger partial charge is 0.343 e. The first kappa shape index (κ1) is 23.5. The van der Waals surface area contributed by atoms with Crippen LogP contribution < -0.4 is 19.6 Å². The van der Waals surface area contributed by atoms with Crippen LogP contribution in [0.25, 0.3) is 0 Å². The molecular formula is C23H15Br3N2O5. The molecule has 1 N–H and O–H groups in total. The Morgan fingerprint density at radius 1 is 1.00 bits per heavy atom. The standard InChI is InChI=1S/C23H15Br3N2O5/c24-15-5-3-4-13(8-15)23(30)33-21-14(9-16(25)10-17(21)26)11-27-28-22(29)20-12-31-18-6-1-2-7-19(18)32-20/h1-11,20H,12H2,(H,28,29). The molecule has 1 heterocycles. The third kappa shape index (κ3) is 5.82. The Labute approximate surface area is 214 Å². The number of hydrazone groups is 1. The Bertz CT molecular complexity index is 1250. The van der Waals surface area contributed by atoms with E-state index in [0.29, 0.717) is 27.1 Å². The number of para-hydroxylation sites is 2. The fraction of sp³-hybridized carbons (Fsp3) is 0.0870. The highest BCUT2D eigenvalue weighted by molar-refractivity contribution is 9.11. The summed E-state index contributed by atoms with van der Waals surface area (Å²) in [5.74, 6) is 0.325. The zero-order valence-corrected chi connectivity index (χ0v) is 21.5. The molecule has 1 aliphatic heterocycles. The van der Waals surface area contributed by atoms with Crippen molar-refractivity contribution in [3.05, 3.63) is 85.2 Å². The van der Waals surface area contributed by atoms with E-state index in [1.54, 1.807) is 48.5 Å². The fourth-order valence-corrected chi connectivity index (χ4v) is 4.68. The molecule has 168 valence electrons. The second-order valence-electron chi connectivity index (χ2n) is 6.80. The van der Waals surface area contributed by atoms with E-state index in [0.717, 1.165) is 8.95 Å². The van der Waals surface area contributed by atoms with Gasteiger partial charge >= 0.3 is 5.97 Å². The van der Waals surface area contributed by atoms with Crippen LogP contribution in [0.2, 0.25) is 0 Å². The molecule has 1 aliphatic rings. The molecule has 0 fully saturated rings. The minimum absolute atomic E-state index is 0.0658. The van der Waals surface area contributed by atoms with Gasteiger partial charge in [0.1, 0.15) is 6.61 Å². The minimum Gasteiger partial charge on any atom is -0.485 e. The Balaban J connectivity index is 1.47. The van der Waals surface area contributed by atoms with Crippen molar-refractivity contribution in [2.75, 3.05) is 6.61 Å². The van der Waals surface area contributed by atoms with Crippen LogP contribution in [-0.2, 0) is 4.79 Å². The van der Waals surface area contributed by atoms with Crippen LogP contribution in [0.4, 0.5) is 0 Å². The van der Waals surface area contributed by atoms with E-state index in [4.69, 9.17) is 14.2 Å². The van der Waals surface area contributed by atoms with Gasteiger partial charge in [0.15, 0.2) is 17.2 Å². The van der Waals surface area contributed by atoms with Gasteiger partial charge in [0, 0.05) is 14.5 Å². The zero-order chi connectivity index (χ0) is 23.4. The van der Waals surface area contributed by atoms with Crippen molar-refractivity contribution in [1.82, 2.24) is 5.43 Å². The summed E-state index contributed by atoms with van der Waals surface area (Å²) in [5.41, 5.74) is 3.28. The van der Waals surface area contributed by atoms with Crippen LogP contribution in [0, 0.1) is 0 Å². The first-order valence-electron chi connectivity index (χ1n) is 9.59.